The third-order valence-electron chi connectivity index (χ3n) is 2.55. The Balaban J connectivity index is 2.07. The summed E-state index contributed by atoms with van der Waals surface area (Å²) in [4.78, 5) is 26.3. The molecule has 0 saturated carbocycles. The zero-order valence-electron chi connectivity index (χ0n) is 9.97. The van der Waals surface area contributed by atoms with Gasteiger partial charge in [-0.25, -0.2) is 4.98 Å². The summed E-state index contributed by atoms with van der Waals surface area (Å²) in [6, 6.07) is 5.96. The number of carboxylic acids is 1. The van der Waals surface area contributed by atoms with Gasteiger partial charge >= 0.3 is 5.97 Å². The average Bonchev–Trinajstić information content (AvgIpc) is 2.67. The Morgan fingerprint density at radius 3 is 2.83 bits per heavy atom. The van der Waals surface area contributed by atoms with Crippen molar-refractivity contribution in [3.05, 3.63) is 28.8 Å². The van der Waals surface area contributed by atoms with E-state index in [-0.39, 0.29) is 25.0 Å². The summed E-state index contributed by atoms with van der Waals surface area (Å²) in [7, 11) is 0. The molecule has 4 nitrogen and oxygen atoms in total. The molecule has 1 aromatic carbocycles. The number of aryl methyl sites for hydroxylation is 1. The average molecular weight is 263 g/mol. The molecule has 0 amide bonds. The van der Waals surface area contributed by atoms with E-state index >= 15 is 0 Å². The standard InChI is InChI=1S/C13H13NO3S/c1-8-2-4-10-11(6-8)18-12(14-10)7-9(15)3-5-13(16)17/h2,4,6H,3,5,7H2,1H3,(H,16,17). The lowest BCUT2D eigenvalue weighted by molar-refractivity contribution is -0.138. The van der Waals surface area contributed by atoms with E-state index in [0.29, 0.717) is 0 Å². The Labute approximate surface area is 108 Å². The summed E-state index contributed by atoms with van der Waals surface area (Å²) >= 11 is 1.49. The number of hydrogen-bond acceptors (Lipinski definition) is 4. The highest BCUT2D eigenvalue weighted by Gasteiger charge is 2.10. The third-order valence-corrected chi connectivity index (χ3v) is 3.57. The smallest absolute Gasteiger partial charge is 0.303 e. The fraction of sp³-hybridized carbons (Fsp3) is 0.308. The fourth-order valence-electron chi connectivity index (χ4n) is 1.66. The van der Waals surface area contributed by atoms with Gasteiger partial charge in [-0.1, -0.05) is 6.07 Å². The molecule has 18 heavy (non-hydrogen) atoms. The fourth-order valence-corrected chi connectivity index (χ4v) is 2.75. The van der Waals surface area contributed by atoms with Crippen molar-refractivity contribution < 1.29 is 14.7 Å². The lowest BCUT2D eigenvalue weighted by Crippen LogP contribution is -2.05. The number of aromatic nitrogens is 1. The number of carbonyl (C=O) groups is 2. The first-order chi connectivity index (χ1) is 8.54. The molecule has 1 N–H and O–H groups in total. The minimum Gasteiger partial charge on any atom is -0.481 e. The molecule has 0 unspecified atom stereocenters. The van der Waals surface area contributed by atoms with E-state index in [4.69, 9.17) is 5.11 Å². The highest BCUT2D eigenvalue weighted by molar-refractivity contribution is 7.18. The number of rotatable bonds is 5. The van der Waals surface area contributed by atoms with Crippen LogP contribution in [-0.2, 0) is 16.0 Å². The van der Waals surface area contributed by atoms with Crippen LogP contribution in [0.5, 0.6) is 0 Å². The summed E-state index contributed by atoms with van der Waals surface area (Å²) in [5.74, 6) is -1.02. The molecule has 1 aromatic heterocycles. The Kier molecular flexibility index (Phi) is 3.72. The van der Waals surface area contributed by atoms with Crippen LogP contribution in [0, 0.1) is 6.92 Å². The molecule has 2 rings (SSSR count). The van der Waals surface area contributed by atoms with Gasteiger partial charge in [-0.05, 0) is 24.6 Å². The lowest BCUT2D eigenvalue weighted by atomic mass is 10.2. The van der Waals surface area contributed by atoms with Crippen LogP contribution >= 0.6 is 11.3 Å². The van der Waals surface area contributed by atoms with Crippen LogP contribution in [0.4, 0.5) is 0 Å². The Morgan fingerprint density at radius 2 is 2.11 bits per heavy atom. The molecular formula is C13H13NO3S. The second-order valence-corrected chi connectivity index (χ2v) is 5.30. The van der Waals surface area contributed by atoms with Crippen LogP contribution in [0.2, 0.25) is 0 Å². The Hall–Kier alpha value is -1.75. The predicted octanol–water partition coefficient (Wildman–Crippen LogP) is 2.58. The number of nitrogens with zero attached hydrogens (tertiary/aromatic N) is 1. The molecule has 94 valence electrons. The molecule has 0 saturated heterocycles. The van der Waals surface area contributed by atoms with E-state index in [9.17, 15) is 9.59 Å². The maximum atomic E-state index is 11.6. The van der Waals surface area contributed by atoms with Gasteiger partial charge in [-0.2, -0.15) is 0 Å². The number of hydrogen-bond donors (Lipinski definition) is 1. The third kappa shape index (κ3) is 3.13. The van der Waals surface area contributed by atoms with E-state index in [1.165, 1.54) is 11.3 Å². The second kappa shape index (κ2) is 5.27. The molecular weight excluding hydrogens is 250 g/mol. The van der Waals surface area contributed by atoms with Crippen molar-refractivity contribution in [3.63, 3.8) is 0 Å². The zero-order valence-corrected chi connectivity index (χ0v) is 10.8. The van der Waals surface area contributed by atoms with E-state index in [2.05, 4.69) is 4.98 Å². The van der Waals surface area contributed by atoms with E-state index in [1.807, 2.05) is 25.1 Å². The number of benzene rings is 1. The molecule has 1 heterocycles. The summed E-state index contributed by atoms with van der Waals surface area (Å²) in [5, 5.41) is 9.26. The van der Waals surface area contributed by atoms with Crippen molar-refractivity contribution >= 4 is 33.3 Å². The number of ketones is 1. The maximum Gasteiger partial charge on any atom is 0.303 e. The topological polar surface area (TPSA) is 67.3 Å². The van der Waals surface area contributed by atoms with Crippen LogP contribution in [0.15, 0.2) is 18.2 Å². The van der Waals surface area contributed by atoms with Gasteiger partial charge < -0.3 is 5.11 Å². The molecule has 0 radical (unpaired) electrons. The highest BCUT2D eigenvalue weighted by Crippen LogP contribution is 2.23. The van der Waals surface area contributed by atoms with Crippen molar-refractivity contribution in [2.24, 2.45) is 0 Å². The number of aliphatic carboxylic acids is 1. The van der Waals surface area contributed by atoms with E-state index in [1.54, 1.807) is 0 Å². The second-order valence-electron chi connectivity index (χ2n) is 4.19. The van der Waals surface area contributed by atoms with Crippen LogP contribution in [0.3, 0.4) is 0 Å². The van der Waals surface area contributed by atoms with Gasteiger partial charge in [0.1, 0.15) is 10.8 Å². The molecule has 0 aliphatic carbocycles. The van der Waals surface area contributed by atoms with Crippen molar-refractivity contribution in [3.8, 4) is 0 Å². The summed E-state index contributed by atoms with van der Waals surface area (Å²) in [5.41, 5.74) is 2.06. The predicted molar refractivity (Wildman–Crippen MR) is 69.9 cm³/mol. The maximum absolute atomic E-state index is 11.6. The molecule has 5 heteroatoms. The van der Waals surface area contributed by atoms with Crippen LogP contribution in [-0.4, -0.2) is 21.8 Å². The SMILES string of the molecule is Cc1ccc2nc(CC(=O)CCC(=O)O)sc2c1. The van der Waals surface area contributed by atoms with Crippen molar-refractivity contribution in [1.82, 2.24) is 4.98 Å². The monoisotopic (exact) mass is 263 g/mol. The number of carbonyl (C=O) groups excluding carboxylic acids is 1. The molecule has 0 aliphatic heterocycles. The number of Topliss-reactive ketones (excluding diaryl/α,β-unsaturated/α-hetero) is 1. The summed E-state index contributed by atoms with van der Waals surface area (Å²) in [6.07, 6.45) is 0.193. The van der Waals surface area contributed by atoms with Gasteiger partial charge in [0.2, 0.25) is 0 Å². The first-order valence-electron chi connectivity index (χ1n) is 5.64. The van der Waals surface area contributed by atoms with E-state index in [0.717, 1.165) is 20.8 Å². The summed E-state index contributed by atoms with van der Waals surface area (Å²) in [6.45, 7) is 2.01. The largest absolute Gasteiger partial charge is 0.481 e. The summed E-state index contributed by atoms with van der Waals surface area (Å²) < 4.78 is 1.07. The van der Waals surface area contributed by atoms with Crippen molar-refractivity contribution in [2.45, 2.75) is 26.2 Å². The molecule has 2 aromatic rings. The van der Waals surface area contributed by atoms with Gasteiger partial charge in [0.05, 0.1) is 23.1 Å². The number of fused-ring (bicyclic) bond motifs is 1. The zero-order chi connectivity index (χ0) is 13.1. The van der Waals surface area contributed by atoms with Gasteiger partial charge in [-0.15, -0.1) is 11.3 Å². The van der Waals surface area contributed by atoms with Gasteiger partial charge in [0, 0.05) is 6.42 Å². The van der Waals surface area contributed by atoms with Crippen molar-refractivity contribution in [2.75, 3.05) is 0 Å². The minimum atomic E-state index is -0.941. The first kappa shape index (κ1) is 12.7. The Morgan fingerprint density at radius 1 is 1.33 bits per heavy atom. The number of thiazole rings is 1. The van der Waals surface area contributed by atoms with Crippen LogP contribution in [0.1, 0.15) is 23.4 Å². The van der Waals surface area contributed by atoms with Crippen molar-refractivity contribution in [1.29, 1.82) is 0 Å². The normalized spacial score (nSPS) is 10.7. The van der Waals surface area contributed by atoms with Gasteiger partial charge in [0.25, 0.3) is 0 Å². The lowest BCUT2D eigenvalue weighted by Gasteiger charge is -1.94. The highest BCUT2D eigenvalue weighted by atomic mass is 32.1. The molecule has 0 atom stereocenters. The molecule has 0 fully saturated rings. The molecule has 0 aliphatic rings. The molecule has 0 bridgehead atoms. The van der Waals surface area contributed by atoms with Gasteiger partial charge in [0.15, 0.2) is 0 Å². The first-order valence-corrected chi connectivity index (χ1v) is 6.46. The minimum absolute atomic E-state index is 0.0737. The van der Waals surface area contributed by atoms with Gasteiger partial charge in [-0.3, -0.25) is 9.59 Å². The van der Waals surface area contributed by atoms with Crippen LogP contribution < -0.4 is 0 Å². The van der Waals surface area contributed by atoms with Crippen LogP contribution in [0.25, 0.3) is 10.2 Å². The number of carboxylic acid groups (broad SMARTS) is 1. The Bertz CT molecular complexity index is 603. The molecule has 0 spiro atoms. The van der Waals surface area contributed by atoms with E-state index < -0.39 is 5.97 Å². The quantitative estimate of drug-likeness (QED) is 0.900.